The maximum absolute atomic E-state index is 15.3. The van der Waals surface area contributed by atoms with Gasteiger partial charge in [-0.3, -0.25) is 0 Å². The van der Waals surface area contributed by atoms with Gasteiger partial charge in [0.1, 0.15) is 24.1 Å². The minimum Gasteiger partial charge on any atom is -0.473 e. The summed E-state index contributed by atoms with van der Waals surface area (Å²) >= 11 is 3.51. The fourth-order valence-corrected chi connectivity index (χ4v) is 4.61. The number of aromatic nitrogens is 3. The Hall–Kier alpha value is -4.13. The maximum Gasteiger partial charge on any atom is 0.214 e. The molecule has 0 bridgehead atoms. The Morgan fingerprint density at radius 2 is 1.77 bits per heavy atom. The van der Waals surface area contributed by atoms with E-state index in [-0.39, 0.29) is 24.0 Å². The summed E-state index contributed by atoms with van der Waals surface area (Å²) in [5, 5.41) is 0. The highest BCUT2D eigenvalue weighted by molar-refractivity contribution is 9.10. The average Bonchev–Trinajstić information content (AvgIpc) is 3.28. The molecule has 0 spiro atoms. The van der Waals surface area contributed by atoms with Gasteiger partial charge in [0.25, 0.3) is 0 Å². The van der Waals surface area contributed by atoms with Crippen LogP contribution in [0.15, 0.2) is 77.3 Å². The Morgan fingerprint density at radius 1 is 0.949 bits per heavy atom. The Morgan fingerprint density at radius 3 is 2.54 bits per heavy atom. The number of rotatable bonds is 9. The fourth-order valence-electron chi connectivity index (χ4n) is 4.26. The predicted molar refractivity (Wildman–Crippen MR) is 149 cm³/mol. The van der Waals surface area contributed by atoms with Crippen molar-refractivity contribution in [3.8, 4) is 17.1 Å². The van der Waals surface area contributed by atoms with Crippen molar-refractivity contribution in [3.05, 3.63) is 117 Å². The van der Waals surface area contributed by atoms with Crippen LogP contribution in [0.1, 0.15) is 17.0 Å². The van der Waals surface area contributed by atoms with Gasteiger partial charge in [-0.25, -0.2) is 23.6 Å². The smallest absolute Gasteiger partial charge is 0.214 e. The molecule has 0 saturated heterocycles. The standard InChI is InChI=1S/C30H23BrF2N4O2/c1-34-23-10-8-21(25(33)17-23)18-39-30-5-3-4-26(36-30)20-7-6-19(24(32)14-20)15-29-35-27-11-9-22(31)16-28(27)37(29)12-13-38-2/h3-11,14,16-17H,12-13,15,18H2,2H3. The summed E-state index contributed by atoms with van der Waals surface area (Å²) in [5.41, 5.74) is 3.96. The highest BCUT2D eigenvalue weighted by Gasteiger charge is 2.15. The van der Waals surface area contributed by atoms with Crippen LogP contribution in [-0.4, -0.2) is 28.3 Å². The number of imidazole rings is 1. The minimum atomic E-state index is -0.513. The van der Waals surface area contributed by atoms with E-state index in [2.05, 4.69) is 30.3 Å². The molecule has 0 aliphatic rings. The molecule has 0 unspecified atom stereocenters. The molecule has 0 amide bonds. The summed E-state index contributed by atoms with van der Waals surface area (Å²) in [5.74, 6) is 0.149. The lowest BCUT2D eigenvalue weighted by Gasteiger charge is -2.11. The van der Waals surface area contributed by atoms with E-state index in [9.17, 15) is 4.39 Å². The summed E-state index contributed by atoms with van der Waals surface area (Å²) in [4.78, 5) is 12.4. The third kappa shape index (κ3) is 5.98. The summed E-state index contributed by atoms with van der Waals surface area (Å²) in [6.07, 6.45) is 0.316. The quantitative estimate of drug-likeness (QED) is 0.167. The second kappa shape index (κ2) is 11.7. The van der Waals surface area contributed by atoms with Gasteiger partial charge in [0.15, 0.2) is 5.69 Å². The zero-order valence-electron chi connectivity index (χ0n) is 21.0. The summed E-state index contributed by atoms with van der Waals surface area (Å²) in [7, 11) is 1.65. The Labute approximate surface area is 232 Å². The van der Waals surface area contributed by atoms with Gasteiger partial charge in [-0.15, -0.1) is 0 Å². The zero-order valence-corrected chi connectivity index (χ0v) is 22.6. The van der Waals surface area contributed by atoms with Gasteiger partial charge < -0.3 is 14.0 Å². The van der Waals surface area contributed by atoms with Crippen LogP contribution in [0.5, 0.6) is 5.88 Å². The van der Waals surface area contributed by atoms with Crippen LogP contribution in [-0.2, 0) is 24.3 Å². The van der Waals surface area contributed by atoms with E-state index in [1.807, 2.05) is 24.3 Å². The van der Waals surface area contributed by atoms with E-state index in [0.717, 1.165) is 21.3 Å². The molecule has 39 heavy (non-hydrogen) atoms. The molecule has 2 aromatic heterocycles. The lowest BCUT2D eigenvalue weighted by atomic mass is 10.1. The van der Waals surface area contributed by atoms with Gasteiger partial charge in [-0.2, -0.15) is 0 Å². The first-order valence-corrected chi connectivity index (χ1v) is 12.9. The lowest BCUT2D eigenvalue weighted by molar-refractivity contribution is 0.187. The highest BCUT2D eigenvalue weighted by atomic mass is 79.9. The molecule has 0 aliphatic heterocycles. The van der Waals surface area contributed by atoms with Gasteiger partial charge in [-0.1, -0.05) is 46.3 Å². The van der Waals surface area contributed by atoms with E-state index >= 15 is 4.39 Å². The van der Waals surface area contributed by atoms with Crippen LogP contribution in [0, 0.1) is 18.2 Å². The van der Waals surface area contributed by atoms with Crippen LogP contribution in [0.4, 0.5) is 14.5 Å². The topological polar surface area (TPSA) is 53.5 Å². The van der Waals surface area contributed by atoms with Gasteiger partial charge in [0.2, 0.25) is 5.88 Å². The van der Waals surface area contributed by atoms with Crippen LogP contribution in [0.25, 0.3) is 27.1 Å². The number of methoxy groups -OCH3 is 1. The van der Waals surface area contributed by atoms with Gasteiger partial charge in [-0.05, 0) is 42.0 Å². The predicted octanol–water partition coefficient (Wildman–Crippen LogP) is 7.51. The summed E-state index contributed by atoms with van der Waals surface area (Å²) in [6, 6.07) is 20.3. The molecule has 0 N–H and O–H groups in total. The molecule has 0 aliphatic carbocycles. The molecule has 196 valence electrons. The molecule has 0 radical (unpaired) electrons. The van der Waals surface area contributed by atoms with Crippen molar-refractivity contribution in [2.24, 2.45) is 0 Å². The first-order valence-electron chi connectivity index (χ1n) is 12.1. The second-order valence-corrected chi connectivity index (χ2v) is 9.74. The molecular weight excluding hydrogens is 566 g/mol. The molecule has 2 heterocycles. The van der Waals surface area contributed by atoms with Crippen LogP contribution in [0.3, 0.4) is 0 Å². The van der Waals surface area contributed by atoms with Crippen molar-refractivity contribution in [2.75, 3.05) is 13.7 Å². The van der Waals surface area contributed by atoms with E-state index in [0.29, 0.717) is 42.0 Å². The van der Waals surface area contributed by atoms with Gasteiger partial charge in [0, 0.05) is 41.7 Å². The minimum absolute atomic E-state index is 0.0471. The van der Waals surface area contributed by atoms with Gasteiger partial charge >= 0.3 is 0 Å². The van der Waals surface area contributed by atoms with Crippen LogP contribution >= 0.6 is 15.9 Å². The number of ether oxygens (including phenoxy) is 2. The monoisotopic (exact) mass is 588 g/mol. The number of benzene rings is 3. The molecule has 0 fully saturated rings. The van der Waals surface area contributed by atoms with E-state index in [1.165, 1.54) is 24.3 Å². The van der Waals surface area contributed by atoms with Crippen molar-refractivity contribution in [1.29, 1.82) is 0 Å². The Bertz CT molecular complexity index is 1700. The molecule has 0 saturated carbocycles. The SMILES string of the molecule is [C-]#[N+]c1ccc(COc2cccc(-c3ccc(Cc4nc5ccc(Br)cc5n4CCOC)c(F)c3)n2)c(F)c1. The number of hydrogen-bond donors (Lipinski definition) is 0. The van der Waals surface area contributed by atoms with Crippen molar-refractivity contribution in [3.63, 3.8) is 0 Å². The first kappa shape index (κ1) is 26.5. The molecule has 6 nitrogen and oxygen atoms in total. The molecule has 5 rings (SSSR count). The maximum atomic E-state index is 15.3. The van der Waals surface area contributed by atoms with E-state index < -0.39 is 5.82 Å². The van der Waals surface area contributed by atoms with E-state index in [4.69, 9.17) is 21.0 Å². The van der Waals surface area contributed by atoms with Crippen LogP contribution in [0.2, 0.25) is 0 Å². The molecule has 0 atom stereocenters. The van der Waals surface area contributed by atoms with Crippen molar-refractivity contribution in [2.45, 2.75) is 19.6 Å². The number of fused-ring (bicyclic) bond motifs is 1. The Kier molecular flexibility index (Phi) is 7.96. The Balaban J connectivity index is 1.35. The van der Waals surface area contributed by atoms with Crippen molar-refractivity contribution >= 4 is 32.7 Å². The number of hydrogen-bond acceptors (Lipinski definition) is 4. The third-order valence-electron chi connectivity index (χ3n) is 6.27. The van der Waals surface area contributed by atoms with Gasteiger partial charge in [0.05, 0.1) is 29.9 Å². The number of halogens is 3. The number of nitrogens with zero attached hydrogens (tertiary/aromatic N) is 4. The molecular formula is C30H23BrF2N4O2. The highest BCUT2D eigenvalue weighted by Crippen LogP contribution is 2.27. The first-order chi connectivity index (χ1) is 18.9. The lowest BCUT2D eigenvalue weighted by Crippen LogP contribution is -2.09. The third-order valence-corrected chi connectivity index (χ3v) is 6.76. The zero-order chi connectivity index (χ0) is 27.4. The summed E-state index contributed by atoms with van der Waals surface area (Å²) in [6.45, 7) is 8.04. The molecule has 3 aromatic carbocycles. The van der Waals surface area contributed by atoms with Crippen LogP contribution < -0.4 is 4.74 Å². The average molecular weight is 589 g/mol. The fraction of sp³-hybridized carbons (Fsp3) is 0.167. The number of pyridine rings is 1. The van der Waals surface area contributed by atoms with E-state index in [1.54, 1.807) is 31.4 Å². The second-order valence-electron chi connectivity index (χ2n) is 8.83. The van der Waals surface area contributed by atoms with Crippen molar-refractivity contribution < 1.29 is 18.3 Å². The molecule has 9 heteroatoms. The summed E-state index contributed by atoms with van der Waals surface area (Å²) < 4.78 is 43.4. The van der Waals surface area contributed by atoms with Crippen molar-refractivity contribution in [1.82, 2.24) is 14.5 Å². The normalized spacial score (nSPS) is 11.1. The molecule has 5 aromatic rings. The largest absolute Gasteiger partial charge is 0.473 e.